The summed E-state index contributed by atoms with van der Waals surface area (Å²) >= 11 is 0. The maximum Gasteiger partial charge on any atom is 0.326 e. The summed E-state index contributed by atoms with van der Waals surface area (Å²) in [7, 11) is 0. The van der Waals surface area contributed by atoms with Crippen LogP contribution in [0.5, 0.6) is 0 Å². The quantitative estimate of drug-likeness (QED) is 0.264. The number of rotatable bonds is 10. The van der Waals surface area contributed by atoms with Gasteiger partial charge in [0.15, 0.2) is 5.60 Å². The van der Waals surface area contributed by atoms with Gasteiger partial charge in [-0.15, -0.1) is 0 Å². The van der Waals surface area contributed by atoms with E-state index in [4.69, 9.17) is 20.4 Å². The van der Waals surface area contributed by atoms with Crippen molar-refractivity contribution in [2.45, 2.75) is 37.3 Å². The second-order valence-corrected chi connectivity index (χ2v) is 4.47. The molecule has 0 radical (unpaired) electrons. The van der Waals surface area contributed by atoms with E-state index in [0.29, 0.717) is 0 Å². The monoisotopic (exact) mass is 321 g/mol. The number of hydrogen-bond donors (Lipinski definition) is 6. The van der Waals surface area contributed by atoms with Gasteiger partial charge in [-0.2, -0.15) is 0 Å². The fraction of sp³-hybridized carbons (Fsp3) is 0.545. The average molecular weight is 321 g/mol. The third-order valence-electron chi connectivity index (χ3n) is 2.56. The molecule has 124 valence electrons. The summed E-state index contributed by atoms with van der Waals surface area (Å²) in [5.41, 5.74) is -2.85. The lowest BCUT2D eigenvalue weighted by Gasteiger charge is -2.25. The molecule has 1 atom stereocenters. The SMILES string of the molecule is O=C(O)CCC(NC(=O)C(O)(CC(=O)O)CC(=O)O)C(=O)O. The molecule has 11 nitrogen and oxygen atoms in total. The molecule has 0 aliphatic rings. The standard InChI is InChI=1S/C11H15NO10/c13-6(14)2-1-5(9(19)20)12-10(21)11(22,3-7(15)16)4-8(17)18/h5,22H,1-4H2,(H,12,21)(H,13,14)(H,15,16)(H,17,18)(H,19,20). The van der Waals surface area contributed by atoms with Gasteiger partial charge in [0.2, 0.25) is 0 Å². The van der Waals surface area contributed by atoms with Gasteiger partial charge in [0.25, 0.3) is 5.91 Å². The maximum atomic E-state index is 11.8. The van der Waals surface area contributed by atoms with Gasteiger partial charge in [-0.3, -0.25) is 19.2 Å². The van der Waals surface area contributed by atoms with Gasteiger partial charge in [-0.25, -0.2) is 4.79 Å². The van der Waals surface area contributed by atoms with E-state index in [-0.39, 0.29) is 0 Å². The van der Waals surface area contributed by atoms with Crippen molar-refractivity contribution in [1.82, 2.24) is 5.32 Å². The molecule has 1 unspecified atom stereocenters. The number of nitrogens with one attached hydrogen (secondary N) is 1. The molecule has 0 aliphatic carbocycles. The molecule has 0 bridgehead atoms. The molecule has 11 heteroatoms. The molecule has 0 saturated heterocycles. The lowest BCUT2D eigenvalue weighted by Crippen LogP contribution is -2.54. The first-order valence-corrected chi connectivity index (χ1v) is 5.89. The van der Waals surface area contributed by atoms with Crippen LogP contribution in [-0.2, 0) is 24.0 Å². The van der Waals surface area contributed by atoms with Crippen molar-refractivity contribution in [3.05, 3.63) is 0 Å². The Kier molecular flexibility index (Phi) is 6.96. The van der Waals surface area contributed by atoms with Crippen molar-refractivity contribution >= 4 is 29.8 Å². The lowest BCUT2D eigenvalue weighted by atomic mass is 9.93. The number of aliphatic carboxylic acids is 4. The summed E-state index contributed by atoms with van der Waals surface area (Å²) in [6.45, 7) is 0. The number of carbonyl (C=O) groups excluding carboxylic acids is 1. The van der Waals surface area contributed by atoms with Crippen molar-refractivity contribution in [1.29, 1.82) is 0 Å². The molecule has 0 fully saturated rings. The van der Waals surface area contributed by atoms with Crippen LogP contribution in [-0.4, -0.2) is 67.0 Å². The van der Waals surface area contributed by atoms with Crippen LogP contribution in [0.25, 0.3) is 0 Å². The van der Waals surface area contributed by atoms with E-state index in [2.05, 4.69) is 0 Å². The third kappa shape index (κ3) is 6.65. The minimum atomic E-state index is -2.85. The molecule has 0 spiro atoms. The minimum Gasteiger partial charge on any atom is -0.481 e. The van der Waals surface area contributed by atoms with E-state index in [1.807, 2.05) is 0 Å². The van der Waals surface area contributed by atoms with Crippen molar-refractivity contribution in [2.75, 3.05) is 0 Å². The normalized spacial score (nSPS) is 12.2. The summed E-state index contributed by atoms with van der Waals surface area (Å²) in [5.74, 6) is -7.79. The first kappa shape index (κ1) is 19.3. The summed E-state index contributed by atoms with van der Waals surface area (Å²) in [4.78, 5) is 54.3. The van der Waals surface area contributed by atoms with Crippen LogP contribution in [0.4, 0.5) is 0 Å². The average Bonchev–Trinajstić information content (AvgIpc) is 2.31. The third-order valence-corrected chi connectivity index (χ3v) is 2.56. The molecular formula is C11H15NO10. The number of carboxylic acids is 4. The molecular weight excluding hydrogens is 306 g/mol. The highest BCUT2D eigenvalue weighted by atomic mass is 16.4. The molecule has 1 amide bonds. The fourth-order valence-electron chi connectivity index (χ4n) is 1.54. The van der Waals surface area contributed by atoms with E-state index in [0.717, 1.165) is 0 Å². The maximum absolute atomic E-state index is 11.8. The van der Waals surface area contributed by atoms with Crippen molar-refractivity contribution in [3.8, 4) is 0 Å². The van der Waals surface area contributed by atoms with Crippen LogP contribution < -0.4 is 5.32 Å². The predicted octanol–water partition coefficient (Wildman–Crippen LogP) is -1.90. The Labute approximate surface area is 123 Å². The van der Waals surface area contributed by atoms with Crippen LogP contribution in [0.15, 0.2) is 0 Å². The van der Waals surface area contributed by atoms with Crippen LogP contribution in [0.2, 0.25) is 0 Å². The van der Waals surface area contributed by atoms with Crippen LogP contribution in [0, 0.1) is 0 Å². The van der Waals surface area contributed by atoms with Crippen molar-refractivity contribution < 1.29 is 49.5 Å². The van der Waals surface area contributed by atoms with E-state index < -0.39 is 67.1 Å². The summed E-state index contributed by atoms with van der Waals surface area (Å²) in [5, 5.41) is 46.1. The van der Waals surface area contributed by atoms with Gasteiger partial charge in [-0.1, -0.05) is 0 Å². The highest BCUT2D eigenvalue weighted by Gasteiger charge is 2.42. The lowest BCUT2D eigenvalue weighted by molar-refractivity contribution is -0.160. The molecule has 22 heavy (non-hydrogen) atoms. The van der Waals surface area contributed by atoms with E-state index in [9.17, 15) is 29.1 Å². The fourth-order valence-corrected chi connectivity index (χ4v) is 1.54. The van der Waals surface area contributed by atoms with Gasteiger partial charge >= 0.3 is 23.9 Å². The largest absolute Gasteiger partial charge is 0.481 e. The first-order chi connectivity index (χ1) is 9.97. The second kappa shape index (κ2) is 7.93. The smallest absolute Gasteiger partial charge is 0.326 e. The Morgan fingerprint density at radius 2 is 1.32 bits per heavy atom. The zero-order chi connectivity index (χ0) is 17.5. The second-order valence-electron chi connectivity index (χ2n) is 4.47. The van der Waals surface area contributed by atoms with Gasteiger partial charge in [-0.05, 0) is 6.42 Å². The van der Waals surface area contributed by atoms with Gasteiger partial charge < -0.3 is 30.8 Å². The number of carbonyl (C=O) groups is 5. The zero-order valence-corrected chi connectivity index (χ0v) is 11.2. The van der Waals surface area contributed by atoms with E-state index in [1.165, 1.54) is 0 Å². The van der Waals surface area contributed by atoms with Gasteiger partial charge in [0, 0.05) is 6.42 Å². The Balaban J connectivity index is 5.11. The van der Waals surface area contributed by atoms with Crippen molar-refractivity contribution in [2.24, 2.45) is 0 Å². The Bertz CT molecular complexity index is 469. The summed E-state index contributed by atoms with van der Waals surface area (Å²) < 4.78 is 0. The van der Waals surface area contributed by atoms with Gasteiger partial charge in [0.1, 0.15) is 6.04 Å². The molecule has 0 aliphatic heterocycles. The molecule has 0 aromatic rings. The number of carboxylic acid groups (broad SMARTS) is 4. The highest BCUT2D eigenvalue weighted by Crippen LogP contribution is 2.17. The molecule has 0 heterocycles. The summed E-state index contributed by atoms with van der Waals surface area (Å²) in [6.07, 6.45) is -3.63. The van der Waals surface area contributed by atoms with E-state index in [1.54, 1.807) is 5.32 Å². The minimum absolute atomic E-state index is 0.521. The summed E-state index contributed by atoms with van der Waals surface area (Å²) in [6, 6.07) is -1.71. The van der Waals surface area contributed by atoms with Crippen LogP contribution >= 0.6 is 0 Å². The van der Waals surface area contributed by atoms with Crippen LogP contribution in [0.3, 0.4) is 0 Å². The molecule has 0 aromatic carbocycles. The van der Waals surface area contributed by atoms with Crippen molar-refractivity contribution in [3.63, 3.8) is 0 Å². The zero-order valence-electron chi connectivity index (χ0n) is 11.2. The predicted molar refractivity (Wildman–Crippen MR) is 65.9 cm³/mol. The Hall–Kier alpha value is -2.69. The Morgan fingerprint density at radius 1 is 0.864 bits per heavy atom. The first-order valence-electron chi connectivity index (χ1n) is 5.89. The molecule has 0 aromatic heterocycles. The Morgan fingerprint density at radius 3 is 1.64 bits per heavy atom. The number of amides is 1. The number of hydrogen-bond acceptors (Lipinski definition) is 6. The van der Waals surface area contributed by atoms with Crippen LogP contribution in [0.1, 0.15) is 25.7 Å². The molecule has 6 N–H and O–H groups in total. The molecule has 0 saturated carbocycles. The van der Waals surface area contributed by atoms with Gasteiger partial charge in [0.05, 0.1) is 12.8 Å². The molecule has 0 rings (SSSR count). The van der Waals surface area contributed by atoms with E-state index >= 15 is 0 Å². The highest BCUT2D eigenvalue weighted by molar-refractivity contribution is 5.94. The topological polar surface area (TPSA) is 199 Å². The number of aliphatic hydroxyl groups is 1.